The van der Waals surface area contributed by atoms with Crippen molar-refractivity contribution in [1.82, 2.24) is 20.1 Å². The summed E-state index contributed by atoms with van der Waals surface area (Å²) in [6.45, 7) is 0. The van der Waals surface area contributed by atoms with E-state index in [1.54, 1.807) is 42.4 Å². The van der Waals surface area contributed by atoms with Crippen LogP contribution in [0.5, 0.6) is 5.75 Å². The highest BCUT2D eigenvalue weighted by molar-refractivity contribution is 6.30. The SMILES string of the molecule is COc1ccc(-c2nn(-c3cccc(Cl)c3)cc2/C=C\C(=O)NC(Cc2c[nH]c3ccccc23)C(=O)O)cc1. The van der Waals surface area contributed by atoms with E-state index < -0.39 is 17.9 Å². The molecule has 0 bridgehead atoms. The Morgan fingerprint density at radius 2 is 1.92 bits per heavy atom. The lowest BCUT2D eigenvalue weighted by molar-refractivity contribution is -0.141. The molecule has 0 aliphatic carbocycles. The number of nitrogens with one attached hydrogen (secondary N) is 2. The van der Waals surface area contributed by atoms with E-state index in [1.165, 1.54) is 6.08 Å². The molecule has 0 saturated heterocycles. The monoisotopic (exact) mass is 540 g/mol. The van der Waals surface area contributed by atoms with Crippen molar-refractivity contribution in [3.05, 3.63) is 107 Å². The third kappa shape index (κ3) is 5.86. The van der Waals surface area contributed by atoms with E-state index in [-0.39, 0.29) is 6.42 Å². The van der Waals surface area contributed by atoms with Gasteiger partial charge in [0, 0.05) is 51.9 Å². The predicted octanol–water partition coefficient (Wildman–Crippen LogP) is 5.51. The molecule has 3 aromatic carbocycles. The number of rotatable bonds is 9. The molecule has 2 heterocycles. The van der Waals surface area contributed by atoms with Gasteiger partial charge in [0.15, 0.2) is 0 Å². The van der Waals surface area contributed by atoms with Gasteiger partial charge >= 0.3 is 5.97 Å². The molecule has 39 heavy (non-hydrogen) atoms. The Balaban J connectivity index is 1.40. The second-order valence-corrected chi connectivity index (χ2v) is 9.32. The molecule has 5 rings (SSSR count). The van der Waals surface area contributed by atoms with Gasteiger partial charge in [-0.3, -0.25) is 4.79 Å². The second kappa shape index (κ2) is 11.3. The number of carboxylic acids is 1. The maximum atomic E-state index is 12.8. The number of carbonyl (C=O) groups is 2. The number of fused-ring (bicyclic) bond motifs is 1. The Bertz CT molecular complexity index is 1670. The van der Waals surface area contributed by atoms with Crippen molar-refractivity contribution in [2.75, 3.05) is 7.11 Å². The molecule has 0 radical (unpaired) electrons. The maximum absolute atomic E-state index is 12.8. The minimum atomic E-state index is -1.12. The standard InChI is InChI=1S/C30H25ClN4O4/c1-39-24-12-9-19(10-13-24)29-20(18-35(34-29)23-6-4-5-22(31)16-23)11-14-28(36)33-27(30(37)38)15-21-17-32-26-8-3-2-7-25(21)26/h2-14,16-18,27,32H,15H2,1H3,(H,33,36)(H,37,38)/b14-11-. The fourth-order valence-corrected chi connectivity index (χ4v) is 4.52. The van der Waals surface area contributed by atoms with Crippen LogP contribution in [0.15, 0.2) is 91.3 Å². The zero-order valence-corrected chi connectivity index (χ0v) is 21.7. The van der Waals surface area contributed by atoms with Crippen molar-refractivity contribution >= 4 is 40.5 Å². The number of hydrogen-bond acceptors (Lipinski definition) is 4. The maximum Gasteiger partial charge on any atom is 0.326 e. The quantitative estimate of drug-likeness (QED) is 0.214. The van der Waals surface area contributed by atoms with Crippen LogP contribution in [-0.4, -0.2) is 44.9 Å². The number of nitrogens with zero attached hydrogens (tertiary/aromatic N) is 2. The van der Waals surface area contributed by atoms with Crippen molar-refractivity contribution in [1.29, 1.82) is 0 Å². The Morgan fingerprint density at radius 1 is 1.13 bits per heavy atom. The van der Waals surface area contributed by atoms with E-state index in [2.05, 4.69) is 10.3 Å². The summed E-state index contributed by atoms with van der Waals surface area (Å²) < 4.78 is 6.94. The first-order valence-electron chi connectivity index (χ1n) is 12.2. The zero-order valence-electron chi connectivity index (χ0n) is 21.0. The van der Waals surface area contributed by atoms with Crippen LogP contribution in [0, 0.1) is 0 Å². The lowest BCUT2D eigenvalue weighted by Crippen LogP contribution is -2.41. The van der Waals surface area contributed by atoms with E-state index in [1.807, 2.05) is 60.7 Å². The number of carbonyl (C=O) groups excluding carboxylic acids is 1. The van der Waals surface area contributed by atoms with Gasteiger partial charge < -0.3 is 20.1 Å². The number of aromatic nitrogens is 3. The number of H-pyrrole nitrogens is 1. The number of aromatic amines is 1. The Hall–Kier alpha value is -4.82. The summed E-state index contributed by atoms with van der Waals surface area (Å²) in [5.74, 6) is -0.937. The minimum absolute atomic E-state index is 0.142. The highest BCUT2D eigenvalue weighted by atomic mass is 35.5. The third-order valence-electron chi connectivity index (χ3n) is 6.31. The molecule has 1 unspecified atom stereocenters. The van der Waals surface area contributed by atoms with Crippen LogP contribution in [0.25, 0.3) is 33.9 Å². The van der Waals surface area contributed by atoms with Gasteiger partial charge in [-0.1, -0.05) is 35.9 Å². The van der Waals surface area contributed by atoms with Crippen molar-refractivity contribution in [3.63, 3.8) is 0 Å². The fraction of sp³-hybridized carbons (Fsp3) is 0.100. The number of carboxylic acid groups (broad SMARTS) is 1. The summed E-state index contributed by atoms with van der Waals surface area (Å²) in [5, 5.41) is 18.6. The number of hydrogen-bond donors (Lipinski definition) is 3. The number of halogens is 1. The number of benzene rings is 3. The normalized spacial score (nSPS) is 12.1. The number of methoxy groups -OCH3 is 1. The summed E-state index contributed by atoms with van der Waals surface area (Å²) in [6.07, 6.45) is 6.64. The van der Waals surface area contributed by atoms with Gasteiger partial charge in [0.1, 0.15) is 11.8 Å². The molecule has 0 saturated carbocycles. The van der Waals surface area contributed by atoms with Crippen LogP contribution < -0.4 is 10.1 Å². The van der Waals surface area contributed by atoms with Crippen molar-refractivity contribution in [3.8, 4) is 22.7 Å². The molecule has 0 aliphatic rings. The summed E-state index contributed by atoms with van der Waals surface area (Å²) in [4.78, 5) is 27.9. The summed E-state index contributed by atoms with van der Waals surface area (Å²) in [5.41, 5.74) is 4.59. The summed E-state index contributed by atoms with van der Waals surface area (Å²) in [6, 6.07) is 21.2. The lowest BCUT2D eigenvalue weighted by Gasteiger charge is -2.12. The Kier molecular flexibility index (Phi) is 7.47. The Labute approximate surface area is 229 Å². The molecule has 1 atom stereocenters. The summed E-state index contributed by atoms with van der Waals surface area (Å²) >= 11 is 6.18. The van der Waals surface area contributed by atoms with Gasteiger partial charge in [-0.05, 0) is 60.2 Å². The highest BCUT2D eigenvalue weighted by Crippen LogP contribution is 2.27. The smallest absolute Gasteiger partial charge is 0.326 e. The molecule has 2 aromatic heterocycles. The van der Waals surface area contributed by atoms with Crippen LogP contribution in [0.1, 0.15) is 11.1 Å². The van der Waals surface area contributed by atoms with Crippen molar-refractivity contribution in [2.45, 2.75) is 12.5 Å². The molecule has 196 valence electrons. The first kappa shape index (κ1) is 25.8. The van der Waals surface area contributed by atoms with Gasteiger partial charge in [0.2, 0.25) is 5.91 Å². The molecule has 5 aromatic rings. The average Bonchev–Trinajstić information content (AvgIpc) is 3.56. The number of amides is 1. The number of aliphatic carboxylic acids is 1. The van der Waals surface area contributed by atoms with E-state index in [9.17, 15) is 14.7 Å². The van der Waals surface area contributed by atoms with Gasteiger partial charge in [-0.2, -0.15) is 5.10 Å². The van der Waals surface area contributed by atoms with Crippen molar-refractivity contribution < 1.29 is 19.4 Å². The fourth-order valence-electron chi connectivity index (χ4n) is 4.34. The van der Waals surface area contributed by atoms with E-state index in [0.717, 1.165) is 27.7 Å². The molecule has 8 nitrogen and oxygen atoms in total. The molecule has 1 amide bonds. The van der Waals surface area contributed by atoms with Crippen LogP contribution in [0.2, 0.25) is 5.02 Å². The predicted molar refractivity (Wildman–Crippen MR) is 151 cm³/mol. The van der Waals surface area contributed by atoms with E-state index in [4.69, 9.17) is 21.4 Å². The molecular formula is C30H25ClN4O4. The largest absolute Gasteiger partial charge is 0.497 e. The van der Waals surface area contributed by atoms with Crippen LogP contribution >= 0.6 is 11.6 Å². The van der Waals surface area contributed by atoms with Gasteiger partial charge in [-0.15, -0.1) is 0 Å². The molecule has 3 N–H and O–H groups in total. The Morgan fingerprint density at radius 3 is 2.67 bits per heavy atom. The summed E-state index contributed by atoms with van der Waals surface area (Å²) in [7, 11) is 1.60. The van der Waals surface area contributed by atoms with Crippen LogP contribution in [0.4, 0.5) is 0 Å². The molecular weight excluding hydrogens is 516 g/mol. The second-order valence-electron chi connectivity index (χ2n) is 8.88. The molecule has 0 fully saturated rings. The number of para-hydroxylation sites is 1. The van der Waals surface area contributed by atoms with Gasteiger partial charge in [-0.25, -0.2) is 9.48 Å². The zero-order chi connectivity index (χ0) is 27.4. The molecule has 0 aliphatic heterocycles. The van der Waals surface area contributed by atoms with E-state index >= 15 is 0 Å². The lowest BCUT2D eigenvalue weighted by atomic mass is 10.0. The van der Waals surface area contributed by atoms with Gasteiger partial charge in [0.05, 0.1) is 18.5 Å². The van der Waals surface area contributed by atoms with Crippen LogP contribution in [0.3, 0.4) is 0 Å². The first-order valence-corrected chi connectivity index (χ1v) is 12.6. The third-order valence-corrected chi connectivity index (χ3v) is 6.54. The molecule has 0 spiro atoms. The van der Waals surface area contributed by atoms with E-state index in [0.29, 0.717) is 22.0 Å². The number of ether oxygens (including phenoxy) is 1. The first-order chi connectivity index (χ1) is 18.9. The average molecular weight is 541 g/mol. The highest BCUT2D eigenvalue weighted by Gasteiger charge is 2.21. The van der Waals surface area contributed by atoms with Crippen molar-refractivity contribution in [2.24, 2.45) is 0 Å². The minimum Gasteiger partial charge on any atom is -0.497 e. The molecule has 9 heteroatoms. The topological polar surface area (TPSA) is 109 Å². The van der Waals surface area contributed by atoms with Crippen LogP contribution in [-0.2, 0) is 16.0 Å². The van der Waals surface area contributed by atoms with Gasteiger partial charge in [0.25, 0.3) is 0 Å².